The van der Waals surface area contributed by atoms with Crippen LogP contribution in [0, 0.1) is 0 Å². The summed E-state index contributed by atoms with van der Waals surface area (Å²) in [7, 11) is 0. The van der Waals surface area contributed by atoms with Gasteiger partial charge in [0.25, 0.3) is 0 Å². The van der Waals surface area contributed by atoms with Crippen LogP contribution in [0.25, 0.3) is 0 Å². The molecule has 0 saturated heterocycles. The van der Waals surface area contributed by atoms with Crippen LogP contribution in [-0.2, 0) is 67.9 Å². The third-order valence-corrected chi connectivity index (χ3v) is 7.47. The van der Waals surface area contributed by atoms with E-state index in [1.807, 2.05) is 0 Å². The fourth-order valence-electron chi connectivity index (χ4n) is 4.80. The lowest BCUT2D eigenvalue weighted by atomic mass is 10.1. The Kier molecular flexibility index (Phi) is 16.5. The Bertz CT molecular complexity index is 1950. The van der Waals surface area contributed by atoms with Crippen molar-refractivity contribution < 1.29 is 43.9 Å². The zero-order valence-corrected chi connectivity index (χ0v) is 30.7. The number of aromatic nitrogens is 6. The van der Waals surface area contributed by atoms with Crippen molar-refractivity contribution in [1.82, 2.24) is 27.4 Å². The minimum absolute atomic E-state index is 0.00451. The molecule has 0 bridgehead atoms. The Morgan fingerprint density at radius 3 is 1.28 bits per heavy atom. The highest BCUT2D eigenvalue weighted by atomic mass is 16.6. The Balaban J connectivity index is 2.30. The Labute approximate surface area is 302 Å². The van der Waals surface area contributed by atoms with Crippen LogP contribution in [0.15, 0.2) is 28.8 Å². The van der Waals surface area contributed by atoms with E-state index in [0.29, 0.717) is 40.2 Å². The third kappa shape index (κ3) is 13.6. The monoisotopic (exact) mass is 758 g/mol. The van der Waals surface area contributed by atoms with Gasteiger partial charge >= 0.3 is 52.0 Å². The molecular weight excluding hydrogens is 708 g/mol. The van der Waals surface area contributed by atoms with E-state index in [4.69, 9.17) is 19.3 Å². The summed E-state index contributed by atoms with van der Waals surface area (Å²) < 4.78 is 19.1. The summed E-state index contributed by atoms with van der Waals surface area (Å²) in [6, 6.07) is 0. The average Bonchev–Trinajstić information content (AvgIpc) is 3.05. The first-order valence-electron chi connectivity index (χ1n) is 17.1. The number of unbranched alkanes of at least 4 members (excludes halogenated alkanes) is 1. The Hall–Kier alpha value is -4.89. The van der Waals surface area contributed by atoms with E-state index in [9.17, 15) is 53.4 Å². The van der Waals surface area contributed by atoms with E-state index in [-0.39, 0.29) is 26.2 Å². The van der Waals surface area contributed by atoms with Crippen molar-refractivity contribution in [2.75, 3.05) is 26.4 Å². The fraction of sp³-hybridized carbons (Fsp3) is 0.719. The van der Waals surface area contributed by atoms with Crippen LogP contribution >= 0.6 is 0 Å². The maximum atomic E-state index is 13.3. The molecule has 0 atom stereocenters. The number of rotatable bonds is 21. The van der Waals surface area contributed by atoms with Crippen LogP contribution in [0.3, 0.4) is 0 Å². The molecule has 2 aromatic heterocycles. The fourth-order valence-corrected chi connectivity index (χ4v) is 4.80. The van der Waals surface area contributed by atoms with Gasteiger partial charge in [0.05, 0.1) is 51.2 Å². The van der Waals surface area contributed by atoms with Crippen molar-refractivity contribution in [3.63, 3.8) is 0 Å². The molecule has 0 radical (unpaired) electrons. The number of aliphatic hydroxyl groups excluding tert-OH is 2. The van der Waals surface area contributed by atoms with E-state index in [2.05, 4.69) is 0 Å². The number of carbonyl (C=O) groups excluding carboxylic acids is 3. The lowest BCUT2D eigenvalue weighted by molar-refractivity contribution is -0.155. The molecule has 0 saturated carbocycles. The molecule has 0 aliphatic carbocycles. The van der Waals surface area contributed by atoms with Gasteiger partial charge in [-0.15, -0.1) is 0 Å². The molecule has 2 rings (SSSR count). The van der Waals surface area contributed by atoms with Gasteiger partial charge in [0.1, 0.15) is 12.2 Å². The molecule has 0 amide bonds. The highest BCUT2D eigenvalue weighted by Crippen LogP contribution is 2.08. The second-order valence-electron chi connectivity index (χ2n) is 13.6. The zero-order valence-electron chi connectivity index (χ0n) is 30.7. The number of esters is 3. The minimum atomic E-state index is -1.26. The number of aliphatic hydroxyl groups is 3. The van der Waals surface area contributed by atoms with E-state index in [0.717, 1.165) is 0 Å². The first-order chi connectivity index (χ1) is 24.7. The highest BCUT2D eigenvalue weighted by molar-refractivity contribution is 5.70. The topological polar surface area (TPSA) is 272 Å². The molecule has 21 heteroatoms. The Morgan fingerprint density at radius 2 is 0.887 bits per heavy atom. The predicted octanol–water partition coefficient (Wildman–Crippen LogP) is -3.12. The van der Waals surface area contributed by atoms with Gasteiger partial charge in [0, 0.05) is 32.8 Å². The van der Waals surface area contributed by atoms with Gasteiger partial charge in [-0.25, -0.2) is 56.2 Å². The van der Waals surface area contributed by atoms with Gasteiger partial charge in [0.15, 0.2) is 0 Å². The second-order valence-corrected chi connectivity index (χ2v) is 13.6. The van der Waals surface area contributed by atoms with Crippen LogP contribution in [0.1, 0.15) is 73.1 Å². The number of ether oxygens (including phenoxy) is 3. The molecule has 2 heterocycles. The van der Waals surface area contributed by atoms with Gasteiger partial charge in [-0.1, -0.05) is 0 Å². The van der Waals surface area contributed by atoms with Crippen LogP contribution in [0.5, 0.6) is 0 Å². The summed E-state index contributed by atoms with van der Waals surface area (Å²) in [6.07, 6.45) is -0.728. The lowest BCUT2D eigenvalue weighted by Crippen LogP contribution is -2.55. The SMILES string of the molecule is CC(C)(O)CCn1c(=O)n(CCO)c(=O)n(CCOC(=O)CCn2c(=O)n(CCC(=O)OCCCCO)c(=O)n(CCC(=O)OC(C)(C)C)c2=O)c1=O. The molecule has 0 spiro atoms. The van der Waals surface area contributed by atoms with E-state index in [1.165, 1.54) is 13.8 Å². The Morgan fingerprint density at radius 1 is 0.509 bits per heavy atom. The standard InChI is InChI=1S/C32H50N6O15/c1-31(2,3)53-24(43)10-14-35-26(45)33(12-8-22(41)51-20-7-6-18-39)25(44)34(27(35)46)13-9-23(42)52-21-17-38-29(48)36(15-11-32(4,5)50)28(47)37(16-19-40)30(38)49/h39-40,50H,6-21H2,1-5H3. The molecule has 3 N–H and O–H groups in total. The van der Waals surface area contributed by atoms with Crippen molar-refractivity contribution >= 4 is 17.9 Å². The molecule has 2 aromatic rings. The number of nitrogens with zero attached hydrogens (tertiary/aromatic N) is 6. The smallest absolute Gasteiger partial charge is 0.336 e. The third-order valence-electron chi connectivity index (χ3n) is 7.47. The quantitative estimate of drug-likeness (QED) is 0.0646. The van der Waals surface area contributed by atoms with Crippen molar-refractivity contribution in [3.8, 4) is 0 Å². The van der Waals surface area contributed by atoms with Crippen LogP contribution in [0.2, 0.25) is 0 Å². The molecule has 21 nitrogen and oxygen atoms in total. The molecule has 0 aliphatic rings. The zero-order chi connectivity index (χ0) is 40.1. The minimum Gasteiger partial charge on any atom is -0.466 e. The molecule has 298 valence electrons. The van der Waals surface area contributed by atoms with Crippen molar-refractivity contribution in [3.05, 3.63) is 62.9 Å². The molecule has 0 fully saturated rings. The summed E-state index contributed by atoms with van der Waals surface area (Å²) in [4.78, 5) is 116. The van der Waals surface area contributed by atoms with E-state index >= 15 is 0 Å². The summed E-state index contributed by atoms with van der Waals surface area (Å²) in [5, 5.41) is 28.3. The predicted molar refractivity (Wildman–Crippen MR) is 184 cm³/mol. The maximum Gasteiger partial charge on any atom is 0.336 e. The van der Waals surface area contributed by atoms with Gasteiger partial charge in [-0.2, -0.15) is 0 Å². The van der Waals surface area contributed by atoms with Crippen LogP contribution in [0.4, 0.5) is 0 Å². The van der Waals surface area contributed by atoms with Crippen molar-refractivity contribution in [1.29, 1.82) is 0 Å². The summed E-state index contributed by atoms with van der Waals surface area (Å²) in [5.74, 6) is -2.48. The van der Waals surface area contributed by atoms with Gasteiger partial charge in [-0.3, -0.25) is 14.4 Å². The van der Waals surface area contributed by atoms with Crippen LogP contribution in [-0.4, -0.2) is 98.3 Å². The van der Waals surface area contributed by atoms with Gasteiger partial charge < -0.3 is 29.5 Å². The molecule has 0 aromatic carbocycles. The van der Waals surface area contributed by atoms with E-state index < -0.39 is 128 Å². The van der Waals surface area contributed by atoms with E-state index in [1.54, 1.807) is 20.8 Å². The number of hydrogen-bond acceptors (Lipinski definition) is 15. The van der Waals surface area contributed by atoms with Crippen molar-refractivity contribution in [2.24, 2.45) is 0 Å². The van der Waals surface area contributed by atoms with Crippen LogP contribution < -0.4 is 34.1 Å². The summed E-state index contributed by atoms with van der Waals surface area (Å²) >= 11 is 0. The van der Waals surface area contributed by atoms with Gasteiger partial charge in [-0.05, 0) is 53.9 Å². The number of hydrogen-bond donors (Lipinski definition) is 3. The molecular formula is C32H50N6O15. The normalized spacial score (nSPS) is 11.8. The highest BCUT2D eigenvalue weighted by Gasteiger charge is 2.22. The average molecular weight is 759 g/mol. The lowest BCUT2D eigenvalue weighted by Gasteiger charge is -2.19. The first-order valence-corrected chi connectivity index (χ1v) is 17.1. The van der Waals surface area contributed by atoms with Crippen molar-refractivity contribution in [2.45, 2.75) is 124 Å². The molecule has 53 heavy (non-hydrogen) atoms. The number of carbonyl (C=O) groups is 3. The summed E-state index contributed by atoms with van der Waals surface area (Å²) in [5.41, 5.74) is -8.64. The van der Waals surface area contributed by atoms with Gasteiger partial charge in [0.2, 0.25) is 0 Å². The second kappa shape index (κ2) is 19.8. The largest absolute Gasteiger partial charge is 0.466 e. The summed E-state index contributed by atoms with van der Waals surface area (Å²) in [6.45, 7) is 3.69. The first kappa shape index (κ1) is 44.3. The maximum absolute atomic E-state index is 13.3. The molecule has 0 aliphatic heterocycles. The molecule has 0 unspecified atom stereocenters.